The summed E-state index contributed by atoms with van der Waals surface area (Å²) < 4.78 is 0. The van der Waals surface area contributed by atoms with Gasteiger partial charge in [0.15, 0.2) is 5.82 Å². The van der Waals surface area contributed by atoms with Gasteiger partial charge in [-0.1, -0.05) is 0 Å². The van der Waals surface area contributed by atoms with Crippen molar-refractivity contribution in [2.45, 2.75) is 0 Å². The van der Waals surface area contributed by atoms with E-state index in [2.05, 4.69) is 10.2 Å². The SMILES string of the molecule is NC(=O)C1CN(c2cccnn2)C1. The zero-order chi connectivity index (χ0) is 9.26. The Morgan fingerprint density at radius 1 is 1.62 bits per heavy atom. The van der Waals surface area contributed by atoms with Crippen molar-refractivity contribution in [1.29, 1.82) is 0 Å². The van der Waals surface area contributed by atoms with Crippen molar-refractivity contribution in [3.05, 3.63) is 18.3 Å². The molecule has 5 nitrogen and oxygen atoms in total. The minimum Gasteiger partial charge on any atom is -0.369 e. The summed E-state index contributed by atoms with van der Waals surface area (Å²) in [6.07, 6.45) is 1.62. The molecule has 2 rings (SSSR count). The fourth-order valence-electron chi connectivity index (χ4n) is 1.31. The minimum absolute atomic E-state index is 0.0259. The third-order valence-corrected chi connectivity index (χ3v) is 2.17. The molecule has 0 saturated carbocycles. The number of primary amides is 1. The number of anilines is 1. The topological polar surface area (TPSA) is 72.1 Å². The molecule has 1 fully saturated rings. The van der Waals surface area contributed by atoms with E-state index in [1.165, 1.54) is 0 Å². The number of amides is 1. The van der Waals surface area contributed by atoms with Crippen molar-refractivity contribution in [3.63, 3.8) is 0 Å². The van der Waals surface area contributed by atoms with Crippen LogP contribution in [0.25, 0.3) is 0 Å². The summed E-state index contributed by atoms with van der Waals surface area (Å²) in [5.74, 6) is 0.544. The lowest BCUT2D eigenvalue weighted by atomic mass is 10.00. The summed E-state index contributed by atoms with van der Waals surface area (Å²) in [4.78, 5) is 12.7. The van der Waals surface area contributed by atoms with E-state index in [0.717, 1.165) is 5.82 Å². The number of rotatable bonds is 2. The smallest absolute Gasteiger partial charge is 0.224 e. The molecule has 2 N–H and O–H groups in total. The van der Waals surface area contributed by atoms with Crippen LogP contribution < -0.4 is 10.6 Å². The fraction of sp³-hybridized carbons (Fsp3) is 0.375. The number of hydrogen-bond acceptors (Lipinski definition) is 4. The first-order valence-corrected chi connectivity index (χ1v) is 4.09. The Bertz CT molecular complexity index is 307. The molecule has 5 heteroatoms. The maximum atomic E-state index is 10.7. The minimum atomic E-state index is -0.236. The monoisotopic (exact) mass is 178 g/mol. The molecule has 0 spiro atoms. The second kappa shape index (κ2) is 3.01. The number of nitrogens with two attached hydrogens (primary N) is 1. The summed E-state index contributed by atoms with van der Waals surface area (Å²) in [5, 5.41) is 7.67. The van der Waals surface area contributed by atoms with Gasteiger partial charge < -0.3 is 10.6 Å². The Morgan fingerprint density at radius 3 is 2.92 bits per heavy atom. The van der Waals surface area contributed by atoms with E-state index < -0.39 is 0 Å². The Labute approximate surface area is 75.6 Å². The second-order valence-corrected chi connectivity index (χ2v) is 3.09. The third-order valence-electron chi connectivity index (χ3n) is 2.17. The molecule has 1 saturated heterocycles. The van der Waals surface area contributed by atoms with Gasteiger partial charge in [0, 0.05) is 19.3 Å². The standard InChI is InChI=1S/C8H10N4O/c9-8(13)6-4-12(5-6)7-2-1-3-10-11-7/h1-3,6H,4-5H2,(H2,9,13). The second-order valence-electron chi connectivity index (χ2n) is 3.09. The van der Waals surface area contributed by atoms with Crippen LogP contribution in [0.3, 0.4) is 0 Å². The van der Waals surface area contributed by atoms with Crippen molar-refractivity contribution in [2.24, 2.45) is 11.7 Å². The lowest BCUT2D eigenvalue weighted by molar-refractivity contribution is -0.122. The molecule has 68 valence electrons. The van der Waals surface area contributed by atoms with E-state index in [-0.39, 0.29) is 11.8 Å². The maximum Gasteiger partial charge on any atom is 0.224 e. The Hall–Kier alpha value is -1.65. The van der Waals surface area contributed by atoms with Crippen LogP contribution in [0.5, 0.6) is 0 Å². The number of hydrogen-bond donors (Lipinski definition) is 1. The van der Waals surface area contributed by atoms with Crippen molar-refractivity contribution in [2.75, 3.05) is 18.0 Å². The molecule has 0 atom stereocenters. The van der Waals surface area contributed by atoms with Gasteiger partial charge in [-0.25, -0.2) is 0 Å². The van der Waals surface area contributed by atoms with E-state index in [1.54, 1.807) is 6.20 Å². The zero-order valence-electron chi connectivity index (χ0n) is 7.05. The molecule has 13 heavy (non-hydrogen) atoms. The van der Waals surface area contributed by atoms with E-state index in [1.807, 2.05) is 17.0 Å². The number of carbonyl (C=O) groups excluding carboxylic acids is 1. The molecule has 0 bridgehead atoms. The molecule has 0 unspecified atom stereocenters. The molecule has 0 radical (unpaired) electrons. The van der Waals surface area contributed by atoms with E-state index >= 15 is 0 Å². The van der Waals surface area contributed by atoms with Gasteiger partial charge in [0.05, 0.1) is 5.92 Å². The molecule has 1 aliphatic rings. The summed E-state index contributed by atoms with van der Waals surface area (Å²) in [6, 6.07) is 3.68. The summed E-state index contributed by atoms with van der Waals surface area (Å²) in [5.41, 5.74) is 5.14. The van der Waals surface area contributed by atoms with Crippen LogP contribution >= 0.6 is 0 Å². The largest absolute Gasteiger partial charge is 0.369 e. The highest BCUT2D eigenvalue weighted by atomic mass is 16.1. The molecule has 1 aromatic rings. The molecule has 1 aromatic heterocycles. The van der Waals surface area contributed by atoms with Crippen molar-refractivity contribution in [3.8, 4) is 0 Å². The van der Waals surface area contributed by atoms with Crippen LogP contribution in [0.1, 0.15) is 0 Å². The quantitative estimate of drug-likeness (QED) is 0.656. The highest BCUT2D eigenvalue weighted by Crippen LogP contribution is 2.20. The number of nitrogens with zero attached hydrogens (tertiary/aromatic N) is 3. The van der Waals surface area contributed by atoms with Gasteiger partial charge in [0.2, 0.25) is 5.91 Å². The molecule has 1 amide bonds. The van der Waals surface area contributed by atoms with Gasteiger partial charge in [-0.3, -0.25) is 4.79 Å². The Balaban J connectivity index is 1.98. The van der Waals surface area contributed by atoms with Crippen LogP contribution in [0.15, 0.2) is 18.3 Å². The van der Waals surface area contributed by atoms with Crippen molar-refractivity contribution in [1.82, 2.24) is 10.2 Å². The molecule has 1 aliphatic heterocycles. The lowest BCUT2D eigenvalue weighted by Gasteiger charge is -2.37. The molecular weight excluding hydrogens is 168 g/mol. The predicted octanol–water partition coefficient (Wildman–Crippen LogP) is -0.602. The van der Waals surface area contributed by atoms with Gasteiger partial charge >= 0.3 is 0 Å². The first-order chi connectivity index (χ1) is 6.27. The van der Waals surface area contributed by atoms with Crippen molar-refractivity contribution < 1.29 is 4.79 Å². The summed E-state index contributed by atoms with van der Waals surface area (Å²) in [7, 11) is 0. The average Bonchev–Trinajstić information content (AvgIpc) is 2.02. The van der Waals surface area contributed by atoms with Crippen LogP contribution in [0.4, 0.5) is 5.82 Å². The first-order valence-electron chi connectivity index (χ1n) is 4.09. The molecule has 2 heterocycles. The summed E-state index contributed by atoms with van der Waals surface area (Å²) in [6.45, 7) is 1.32. The van der Waals surface area contributed by atoms with Crippen molar-refractivity contribution >= 4 is 11.7 Å². The van der Waals surface area contributed by atoms with Crippen LogP contribution in [0, 0.1) is 5.92 Å². The van der Waals surface area contributed by atoms with Gasteiger partial charge in [-0.05, 0) is 12.1 Å². The third kappa shape index (κ3) is 1.44. The van der Waals surface area contributed by atoms with Gasteiger partial charge in [-0.15, -0.1) is 5.10 Å². The highest BCUT2D eigenvalue weighted by molar-refractivity contribution is 5.79. The first kappa shape index (κ1) is 7.97. The van der Waals surface area contributed by atoms with Crippen LogP contribution in [-0.4, -0.2) is 29.2 Å². The Morgan fingerprint density at radius 2 is 2.38 bits per heavy atom. The van der Waals surface area contributed by atoms with Gasteiger partial charge in [-0.2, -0.15) is 5.10 Å². The normalized spacial score (nSPS) is 16.8. The zero-order valence-corrected chi connectivity index (χ0v) is 7.05. The molecular formula is C8H10N4O. The summed E-state index contributed by atoms with van der Waals surface area (Å²) >= 11 is 0. The fourth-order valence-corrected chi connectivity index (χ4v) is 1.31. The maximum absolute atomic E-state index is 10.7. The molecule has 0 aromatic carbocycles. The van der Waals surface area contributed by atoms with E-state index in [0.29, 0.717) is 13.1 Å². The number of carbonyl (C=O) groups is 1. The predicted molar refractivity (Wildman–Crippen MR) is 46.9 cm³/mol. The highest BCUT2D eigenvalue weighted by Gasteiger charge is 2.31. The lowest BCUT2D eigenvalue weighted by Crippen LogP contribution is -2.52. The van der Waals surface area contributed by atoms with Crippen LogP contribution in [-0.2, 0) is 4.79 Å². The van der Waals surface area contributed by atoms with Crippen LogP contribution in [0.2, 0.25) is 0 Å². The van der Waals surface area contributed by atoms with E-state index in [9.17, 15) is 4.79 Å². The van der Waals surface area contributed by atoms with Gasteiger partial charge in [0.1, 0.15) is 0 Å². The number of aromatic nitrogens is 2. The average molecular weight is 178 g/mol. The molecule has 0 aliphatic carbocycles. The van der Waals surface area contributed by atoms with Gasteiger partial charge in [0.25, 0.3) is 0 Å². The Kier molecular flexibility index (Phi) is 1.84. The van der Waals surface area contributed by atoms with E-state index in [4.69, 9.17) is 5.73 Å².